The van der Waals surface area contributed by atoms with Crippen molar-refractivity contribution < 1.29 is 9.59 Å². The van der Waals surface area contributed by atoms with Gasteiger partial charge in [0.05, 0.1) is 34.4 Å². The minimum atomic E-state index is -0.212. The highest BCUT2D eigenvalue weighted by atomic mass is 35.5. The lowest BCUT2D eigenvalue weighted by molar-refractivity contribution is -0.125. The van der Waals surface area contributed by atoms with E-state index in [-0.39, 0.29) is 30.8 Å². The molecular weight excluding hydrogens is 375 g/mol. The lowest BCUT2D eigenvalue weighted by atomic mass is 10.1. The van der Waals surface area contributed by atoms with E-state index in [9.17, 15) is 9.59 Å². The van der Waals surface area contributed by atoms with Crippen LogP contribution >= 0.6 is 23.2 Å². The number of nitrogens with zero attached hydrogens (tertiary/aromatic N) is 2. The van der Waals surface area contributed by atoms with Crippen molar-refractivity contribution in [3.05, 3.63) is 45.2 Å². The smallest absolute Gasteiger partial charge is 0.239 e. The first-order valence-corrected chi connectivity index (χ1v) is 9.17. The maximum Gasteiger partial charge on any atom is 0.239 e. The Kier molecular flexibility index (Phi) is 5.53. The first-order valence-electron chi connectivity index (χ1n) is 8.41. The van der Waals surface area contributed by atoms with Gasteiger partial charge in [0.15, 0.2) is 0 Å². The molecule has 0 aliphatic heterocycles. The molecule has 1 aliphatic rings. The molecule has 1 aliphatic carbocycles. The summed E-state index contributed by atoms with van der Waals surface area (Å²) in [6.45, 7) is 3.74. The Morgan fingerprint density at radius 3 is 2.58 bits per heavy atom. The molecule has 26 heavy (non-hydrogen) atoms. The summed E-state index contributed by atoms with van der Waals surface area (Å²) >= 11 is 12.0. The maximum atomic E-state index is 12.2. The lowest BCUT2D eigenvalue weighted by Crippen LogP contribution is -2.38. The molecule has 0 saturated heterocycles. The third-order valence-corrected chi connectivity index (χ3v) is 5.05. The topological polar surface area (TPSA) is 76.0 Å². The van der Waals surface area contributed by atoms with Gasteiger partial charge in [0.25, 0.3) is 0 Å². The van der Waals surface area contributed by atoms with Crippen LogP contribution in [0.3, 0.4) is 0 Å². The number of hydrogen-bond acceptors (Lipinski definition) is 3. The zero-order valence-corrected chi connectivity index (χ0v) is 16.1. The number of benzene rings is 1. The second-order valence-electron chi connectivity index (χ2n) is 6.45. The summed E-state index contributed by atoms with van der Waals surface area (Å²) in [6.07, 6.45) is 2.20. The lowest BCUT2D eigenvalue weighted by Gasteiger charge is -2.08. The van der Waals surface area contributed by atoms with Gasteiger partial charge in [0.1, 0.15) is 0 Å². The molecule has 2 amide bonds. The van der Waals surface area contributed by atoms with E-state index in [2.05, 4.69) is 15.7 Å². The molecule has 3 rings (SSSR count). The van der Waals surface area contributed by atoms with Gasteiger partial charge in [0.2, 0.25) is 11.8 Å². The van der Waals surface area contributed by atoms with E-state index in [1.165, 1.54) is 0 Å². The Labute approximate surface area is 161 Å². The van der Waals surface area contributed by atoms with Crippen molar-refractivity contribution >= 4 is 35.0 Å². The molecule has 2 N–H and O–H groups in total. The van der Waals surface area contributed by atoms with E-state index in [1.807, 2.05) is 19.9 Å². The van der Waals surface area contributed by atoms with E-state index in [0.29, 0.717) is 10.0 Å². The number of nitrogens with one attached hydrogen (secondary N) is 2. The minimum Gasteiger partial charge on any atom is -0.352 e. The predicted octanol–water partition coefficient (Wildman–Crippen LogP) is 2.73. The third kappa shape index (κ3) is 4.37. The number of carbonyl (C=O) groups excluding carboxylic acids is 2. The fourth-order valence-corrected chi connectivity index (χ4v) is 3.00. The van der Waals surface area contributed by atoms with Gasteiger partial charge in [-0.2, -0.15) is 5.10 Å². The second-order valence-corrected chi connectivity index (χ2v) is 7.27. The summed E-state index contributed by atoms with van der Waals surface area (Å²) in [5, 5.41) is 10.9. The summed E-state index contributed by atoms with van der Waals surface area (Å²) < 4.78 is 1.74. The van der Waals surface area contributed by atoms with Crippen molar-refractivity contribution in [2.45, 2.75) is 39.2 Å². The van der Waals surface area contributed by atoms with Crippen molar-refractivity contribution in [1.29, 1.82) is 0 Å². The second kappa shape index (κ2) is 7.68. The van der Waals surface area contributed by atoms with E-state index in [4.69, 9.17) is 23.2 Å². The Morgan fingerprint density at radius 1 is 1.19 bits per heavy atom. The van der Waals surface area contributed by atoms with Crippen LogP contribution in [0.5, 0.6) is 0 Å². The molecule has 138 valence electrons. The molecule has 1 aromatic heterocycles. The largest absolute Gasteiger partial charge is 0.352 e. The Balaban J connectivity index is 1.68. The quantitative estimate of drug-likeness (QED) is 0.790. The fourth-order valence-electron chi connectivity index (χ4n) is 2.71. The molecule has 1 saturated carbocycles. The van der Waals surface area contributed by atoms with Gasteiger partial charge < -0.3 is 10.6 Å². The SMILES string of the molecule is Cc1nn(-c2ccc(Cl)c(Cl)c2)c(C)c1CC(=O)NCC(=O)NC1CC1. The monoisotopic (exact) mass is 394 g/mol. The van der Waals surface area contributed by atoms with E-state index >= 15 is 0 Å². The van der Waals surface area contributed by atoms with Gasteiger partial charge in [-0.3, -0.25) is 9.59 Å². The number of aromatic nitrogens is 2. The van der Waals surface area contributed by atoms with Crippen LogP contribution in [0.25, 0.3) is 5.69 Å². The van der Waals surface area contributed by atoms with Crippen LogP contribution < -0.4 is 10.6 Å². The van der Waals surface area contributed by atoms with E-state index < -0.39 is 0 Å². The number of rotatable bonds is 6. The van der Waals surface area contributed by atoms with Gasteiger partial charge in [0, 0.05) is 17.3 Å². The number of carbonyl (C=O) groups is 2. The highest BCUT2D eigenvalue weighted by molar-refractivity contribution is 6.42. The van der Waals surface area contributed by atoms with Gasteiger partial charge >= 0.3 is 0 Å². The molecule has 1 heterocycles. The molecular formula is C18H20Cl2N4O2. The third-order valence-electron chi connectivity index (χ3n) is 4.31. The molecule has 0 radical (unpaired) electrons. The van der Waals surface area contributed by atoms with Crippen molar-refractivity contribution in [3.63, 3.8) is 0 Å². The summed E-state index contributed by atoms with van der Waals surface area (Å²) in [6, 6.07) is 5.55. The van der Waals surface area contributed by atoms with Crippen molar-refractivity contribution in [1.82, 2.24) is 20.4 Å². The van der Waals surface area contributed by atoms with Crippen LogP contribution in [-0.2, 0) is 16.0 Å². The van der Waals surface area contributed by atoms with Crippen LogP contribution in [0.4, 0.5) is 0 Å². The van der Waals surface area contributed by atoms with Crippen molar-refractivity contribution in [2.24, 2.45) is 0 Å². The standard InChI is InChI=1S/C18H20Cl2N4O2/c1-10-14(8-17(25)21-9-18(26)22-12-3-4-12)11(2)24(23-10)13-5-6-15(19)16(20)7-13/h5-7,12H,3-4,8-9H2,1-2H3,(H,21,25)(H,22,26). The van der Waals surface area contributed by atoms with Gasteiger partial charge in [-0.15, -0.1) is 0 Å². The Hall–Kier alpha value is -2.05. The minimum absolute atomic E-state index is 0.00560. The highest BCUT2D eigenvalue weighted by Gasteiger charge is 2.23. The van der Waals surface area contributed by atoms with Crippen LogP contribution in [0.1, 0.15) is 29.8 Å². The number of halogens is 2. The summed E-state index contributed by atoms with van der Waals surface area (Å²) in [5.41, 5.74) is 3.20. The molecule has 2 aromatic rings. The van der Waals surface area contributed by atoms with Gasteiger partial charge in [-0.05, 0) is 44.9 Å². The zero-order chi connectivity index (χ0) is 18.8. The number of aryl methyl sites for hydroxylation is 1. The molecule has 0 bridgehead atoms. The first kappa shape index (κ1) is 18.7. The average Bonchev–Trinajstić information content (AvgIpc) is 3.36. The molecule has 1 fully saturated rings. The highest BCUT2D eigenvalue weighted by Crippen LogP contribution is 2.26. The Morgan fingerprint density at radius 2 is 1.92 bits per heavy atom. The van der Waals surface area contributed by atoms with E-state index in [1.54, 1.807) is 16.8 Å². The van der Waals surface area contributed by atoms with Crippen LogP contribution in [0, 0.1) is 13.8 Å². The van der Waals surface area contributed by atoms with Crippen LogP contribution in [-0.4, -0.2) is 34.2 Å². The molecule has 0 unspecified atom stereocenters. The number of hydrogen-bond donors (Lipinski definition) is 2. The maximum absolute atomic E-state index is 12.2. The van der Waals surface area contributed by atoms with Crippen LogP contribution in [0.2, 0.25) is 10.0 Å². The Bertz CT molecular complexity index is 859. The normalized spacial score (nSPS) is 13.5. The van der Waals surface area contributed by atoms with E-state index in [0.717, 1.165) is 35.5 Å². The fraction of sp³-hybridized carbons (Fsp3) is 0.389. The average molecular weight is 395 g/mol. The number of amides is 2. The summed E-state index contributed by atoms with van der Waals surface area (Å²) in [7, 11) is 0. The summed E-state index contributed by atoms with van der Waals surface area (Å²) in [5.74, 6) is -0.364. The predicted molar refractivity (Wildman–Crippen MR) is 101 cm³/mol. The van der Waals surface area contributed by atoms with Gasteiger partial charge in [-0.25, -0.2) is 4.68 Å². The van der Waals surface area contributed by atoms with Crippen molar-refractivity contribution in [2.75, 3.05) is 6.54 Å². The zero-order valence-electron chi connectivity index (χ0n) is 14.6. The molecule has 6 nitrogen and oxygen atoms in total. The molecule has 8 heteroatoms. The molecule has 1 aromatic carbocycles. The van der Waals surface area contributed by atoms with Gasteiger partial charge in [-0.1, -0.05) is 23.2 Å². The summed E-state index contributed by atoms with van der Waals surface area (Å²) in [4.78, 5) is 23.9. The molecule has 0 atom stereocenters. The first-order chi connectivity index (χ1) is 12.3. The molecule has 0 spiro atoms. The van der Waals surface area contributed by atoms with Crippen LogP contribution in [0.15, 0.2) is 18.2 Å². The van der Waals surface area contributed by atoms with Crippen molar-refractivity contribution in [3.8, 4) is 5.69 Å².